The largest absolute Gasteiger partial charge is 0.476 e. The quantitative estimate of drug-likeness (QED) is 0.388. The first-order valence-electron chi connectivity index (χ1n) is 9.03. The van der Waals surface area contributed by atoms with Gasteiger partial charge in [0.05, 0.1) is 19.3 Å². The number of nitrogens with zero attached hydrogens (tertiary/aromatic N) is 2. The zero-order valence-corrected chi connectivity index (χ0v) is 16.6. The fourth-order valence-corrected chi connectivity index (χ4v) is 3.90. The summed E-state index contributed by atoms with van der Waals surface area (Å²) in [6.45, 7) is 5.94. The summed E-state index contributed by atoms with van der Waals surface area (Å²) in [5.74, 6) is 0.812. The summed E-state index contributed by atoms with van der Waals surface area (Å²) in [6, 6.07) is 2.36. The van der Waals surface area contributed by atoms with Gasteiger partial charge in [0, 0.05) is 11.1 Å². The minimum absolute atomic E-state index is 0.162. The van der Waals surface area contributed by atoms with E-state index in [1.54, 1.807) is 6.20 Å². The van der Waals surface area contributed by atoms with Crippen LogP contribution in [0.15, 0.2) is 17.2 Å². The highest BCUT2D eigenvalue weighted by Gasteiger charge is 2.29. The van der Waals surface area contributed by atoms with Gasteiger partial charge in [-0.2, -0.15) is 5.10 Å². The number of benzene rings is 1. The summed E-state index contributed by atoms with van der Waals surface area (Å²) in [4.78, 5) is 9.50. The van der Waals surface area contributed by atoms with E-state index in [1.165, 1.54) is 59.9 Å². The highest BCUT2D eigenvalue weighted by molar-refractivity contribution is 7.97. The number of hydrogen-bond donors (Lipinski definition) is 3. The molecule has 0 saturated carbocycles. The third kappa shape index (κ3) is 3.91. The molecular formula is C19H27N5O2S. The Labute approximate surface area is 163 Å². The maximum Gasteiger partial charge on any atom is 0.227 e. The highest BCUT2D eigenvalue weighted by atomic mass is 32.2. The number of nitrogens with two attached hydrogens (primary N) is 3. The molecule has 1 aromatic carbocycles. The molecule has 0 atom stereocenters. The first-order valence-corrected chi connectivity index (χ1v) is 9.91. The normalized spacial score (nSPS) is 17.0. The molecule has 0 unspecified atom stereocenters. The van der Waals surface area contributed by atoms with Crippen molar-refractivity contribution in [3.63, 3.8) is 0 Å². The molecular weight excluding hydrogens is 362 g/mol. The molecule has 7 nitrogen and oxygen atoms in total. The van der Waals surface area contributed by atoms with E-state index in [0.29, 0.717) is 0 Å². The van der Waals surface area contributed by atoms with Gasteiger partial charge in [-0.05, 0) is 59.9 Å². The van der Waals surface area contributed by atoms with E-state index in [2.05, 4.69) is 30.7 Å². The summed E-state index contributed by atoms with van der Waals surface area (Å²) in [6.07, 6.45) is 6.95. The Balaban J connectivity index is 0.000000137. The van der Waals surface area contributed by atoms with Crippen molar-refractivity contribution < 1.29 is 9.53 Å². The molecule has 0 fully saturated rings. The Morgan fingerprint density at radius 2 is 1.81 bits per heavy atom. The van der Waals surface area contributed by atoms with Gasteiger partial charge in [0.1, 0.15) is 4.90 Å². The fourth-order valence-electron chi connectivity index (χ4n) is 3.53. The van der Waals surface area contributed by atoms with Crippen LogP contribution in [-0.4, -0.2) is 22.8 Å². The van der Waals surface area contributed by atoms with E-state index in [9.17, 15) is 0 Å². The Bertz CT molecular complexity index is 817. The van der Waals surface area contributed by atoms with Crippen molar-refractivity contribution in [3.8, 4) is 5.88 Å². The lowest BCUT2D eigenvalue weighted by molar-refractivity contribution is -0.106. The van der Waals surface area contributed by atoms with Crippen molar-refractivity contribution >= 4 is 24.0 Å². The molecule has 1 aromatic heterocycles. The van der Waals surface area contributed by atoms with Gasteiger partial charge in [-0.1, -0.05) is 19.9 Å². The Morgan fingerprint density at radius 3 is 2.30 bits per heavy atom. The SMILES string of the molecule is CC1(C)COc2c(SN)cnn2C1.NC=O.Nc1c2c(cc3c1CC3)CC2. The van der Waals surface area contributed by atoms with Crippen LogP contribution in [0.1, 0.15) is 36.1 Å². The Morgan fingerprint density at radius 1 is 1.22 bits per heavy atom. The molecule has 2 aliphatic carbocycles. The number of nitrogen functional groups attached to an aromatic ring is 1. The van der Waals surface area contributed by atoms with Crippen molar-refractivity contribution in [1.82, 2.24) is 9.78 Å². The van der Waals surface area contributed by atoms with Crippen molar-refractivity contribution in [2.24, 2.45) is 16.3 Å². The van der Waals surface area contributed by atoms with E-state index in [1.807, 2.05) is 4.68 Å². The lowest BCUT2D eigenvalue weighted by atomic mass is 9.77. The Kier molecular flexibility index (Phi) is 5.67. The number of aryl methyl sites for hydroxylation is 2. The van der Waals surface area contributed by atoms with Gasteiger partial charge in [-0.25, -0.2) is 4.68 Å². The number of hydrogen-bond acceptors (Lipinski definition) is 6. The molecule has 5 rings (SSSR count). The predicted molar refractivity (Wildman–Crippen MR) is 107 cm³/mol. The number of amides is 1. The van der Waals surface area contributed by atoms with Crippen LogP contribution in [0.3, 0.4) is 0 Å². The van der Waals surface area contributed by atoms with Gasteiger partial charge in [-0.3, -0.25) is 9.93 Å². The summed E-state index contributed by atoms with van der Waals surface area (Å²) in [5, 5.41) is 9.68. The van der Waals surface area contributed by atoms with E-state index < -0.39 is 0 Å². The summed E-state index contributed by atoms with van der Waals surface area (Å²) >= 11 is 1.18. The molecule has 146 valence electrons. The number of anilines is 1. The minimum atomic E-state index is 0.162. The monoisotopic (exact) mass is 389 g/mol. The van der Waals surface area contributed by atoms with Crippen LogP contribution >= 0.6 is 11.9 Å². The molecule has 0 bridgehead atoms. The third-order valence-electron chi connectivity index (χ3n) is 5.13. The van der Waals surface area contributed by atoms with Crippen LogP contribution in [-0.2, 0) is 37.0 Å². The molecule has 0 spiro atoms. The van der Waals surface area contributed by atoms with Gasteiger partial charge in [0.15, 0.2) is 0 Å². The van der Waals surface area contributed by atoms with Crippen molar-refractivity contribution in [2.45, 2.75) is 51.0 Å². The van der Waals surface area contributed by atoms with Crippen molar-refractivity contribution in [2.75, 3.05) is 12.3 Å². The molecule has 27 heavy (non-hydrogen) atoms. The first-order chi connectivity index (χ1) is 12.9. The van der Waals surface area contributed by atoms with E-state index in [0.717, 1.165) is 29.6 Å². The number of fused-ring (bicyclic) bond motifs is 3. The highest BCUT2D eigenvalue weighted by Crippen LogP contribution is 2.38. The first kappa shape index (κ1) is 19.6. The standard InChI is InChI=1S/C10H11N.C8H13N3OS.CH3NO/c11-10-8-3-1-6(8)5-7-2-4-9(7)10;1-8(2)4-11-7(12-5-8)6(13-9)3-10-11;2-1-3/h5H,1-4,11H2;3H,4-5,9H2,1-2H3;1H,(H2,2,3). The van der Waals surface area contributed by atoms with E-state index >= 15 is 0 Å². The lowest BCUT2D eigenvalue weighted by Crippen LogP contribution is -2.33. The van der Waals surface area contributed by atoms with Crippen LogP contribution in [0.4, 0.5) is 5.69 Å². The molecule has 8 heteroatoms. The second kappa shape index (κ2) is 7.82. The van der Waals surface area contributed by atoms with Crippen LogP contribution in [0.25, 0.3) is 0 Å². The maximum absolute atomic E-state index is 8.58. The second-order valence-corrected chi connectivity index (χ2v) is 8.42. The van der Waals surface area contributed by atoms with Crippen molar-refractivity contribution in [3.05, 3.63) is 34.5 Å². The molecule has 2 heterocycles. The average molecular weight is 390 g/mol. The van der Waals surface area contributed by atoms with Gasteiger partial charge in [-0.15, -0.1) is 0 Å². The maximum atomic E-state index is 8.58. The van der Waals surface area contributed by atoms with Crippen LogP contribution in [0, 0.1) is 5.41 Å². The zero-order chi connectivity index (χ0) is 19.6. The minimum Gasteiger partial charge on any atom is -0.476 e. The number of carbonyl (C=O) groups excluding carboxylic acids is 1. The van der Waals surface area contributed by atoms with Crippen LogP contribution in [0.5, 0.6) is 5.88 Å². The molecule has 3 aliphatic rings. The summed E-state index contributed by atoms with van der Waals surface area (Å²) < 4.78 is 7.47. The van der Waals surface area contributed by atoms with E-state index in [-0.39, 0.29) is 11.8 Å². The topological polar surface area (TPSA) is 122 Å². The van der Waals surface area contributed by atoms with Gasteiger partial charge >= 0.3 is 0 Å². The number of rotatable bonds is 1. The number of aromatic nitrogens is 2. The molecule has 0 saturated heterocycles. The summed E-state index contributed by atoms with van der Waals surface area (Å²) in [5.41, 5.74) is 17.4. The predicted octanol–water partition coefficient (Wildman–Crippen LogP) is 1.84. The molecule has 1 aliphatic heterocycles. The molecule has 6 N–H and O–H groups in total. The zero-order valence-electron chi connectivity index (χ0n) is 15.8. The molecule has 2 aromatic rings. The van der Waals surface area contributed by atoms with Crippen LogP contribution in [0.2, 0.25) is 0 Å². The molecule has 0 radical (unpaired) electrons. The smallest absolute Gasteiger partial charge is 0.227 e. The number of ether oxygens (including phenoxy) is 1. The Hall–Kier alpha value is -2.19. The van der Waals surface area contributed by atoms with Gasteiger partial charge in [0.25, 0.3) is 0 Å². The fraction of sp³-hybridized carbons (Fsp3) is 0.474. The molecule has 1 amide bonds. The number of carbonyl (C=O) groups is 1. The second-order valence-electron chi connectivity index (χ2n) is 7.74. The van der Waals surface area contributed by atoms with Gasteiger partial charge < -0.3 is 16.2 Å². The third-order valence-corrected chi connectivity index (χ3v) is 5.66. The van der Waals surface area contributed by atoms with Crippen molar-refractivity contribution in [1.29, 1.82) is 0 Å². The summed E-state index contributed by atoms with van der Waals surface area (Å²) in [7, 11) is 0. The van der Waals surface area contributed by atoms with Gasteiger partial charge in [0.2, 0.25) is 12.3 Å². The number of primary amides is 1. The lowest BCUT2D eigenvalue weighted by Gasteiger charge is -2.30. The average Bonchev–Trinajstić information content (AvgIpc) is 2.94. The van der Waals surface area contributed by atoms with Crippen LogP contribution < -0.4 is 21.3 Å². The van der Waals surface area contributed by atoms with E-state index in [4.69, 9.17) is 20.4 Å².